The van der Waals surface area contributed by atoms with Gasteiger partial charge in [-0.2, -0.15) is 0 Å². The average molecular weight is 321 g/mol. The molecule has 0 aliphatic heterocycles. The molecule has 2 rings (SSSR count). The predicted octanol–water partition coefficient (Wildman–Crippen LogP) is 3.61. The van der Waals surface area contributed by atoms with E-state index in [4.69, 9.17) is 4.74 Å². The smallest absolute Gasteiger partial charge is 0.339 e. The second-order valence-corrected chi connectivity index (χ2v) is 6.38. The molecule has 0 fully saturated rings. The fraction of sp³-hybridized carbons (Fsp3) is 0.250. The quantitative estimate of drug-likeness (QED) is 0.875. The minimum atomic E-state index is -0.535. The van der Waals surface area contributed by atoms with E-state index in [1.165, 1.54) is 17.4 Å². The Hall–Kier alpha value is -2.21. The number of nitrogens with one attached hydrogen (secondary N) is 1. The molecule has 0 atom stereocenters. The lowest BCUT2D eigenvalue weighted by Crippen LogP contribution is -2.21. The van der Waals surface area contributed by atoms with Gasteiger partial charge in [0.15, 0.2) is 6.61 Å². The summed E-state index contributed by atoms with van der Waals surface area (Å²) in [5.41, 5.74) is 1.29. The van der Waals surface area contributed by atoms with Crippen LogP contribution in [0.4, 0.5) is 10.1 Å². The molecule has 0 spiro atoms. The standard InChI is InChI=1S/C16H16FNO3S/c1-9-4-5-12(7-14(9)17)18-15(19)8-21-16(20)13-6-10(2)22-11(13)3/h4-7H,8H2,1-3H3,(H,18,19). The van der Waals surface area contributed by atoms with Crippen molar-refractivity contribution in [1.29, 1.82) is 0 Å². The summed E-state index contributed by atoms with van der Waals surface area (Å²) in [7, 11) is 0. The molecule has 0 bridgehead atoms. The van der Waals surface area contributed by atoms with Crippen molar-refractivity contribution in [2.45, 2.75) is 20.8 Å². The van der Waals surface area contributed by atoms with Gasteiger partial charge in [-0.05, 0) is 44.5 Å². The zero-order valence-electron chi connectivity index (χ0n) is 12.5. The van der Waals surface area contributed by atoms with Gasteiger partial charge >= 0.3 is 5.97 Å². The van der Waals surface area contributed by atoms with Gasteiger partial charge in [-0.3, -0.25) is 4.79 Å². The first-order valence-electron chi connectivity index (χ1n) is 6.67. The van der Waals surface area contributed by atoms with E-state index in [0.717, 1.165) is 9.75 Å². The molecule has 0 radical (unpaired) electrons. The highest BCUT2D eigenvalue weighted by atomic mass is 32.1. The molecule has 1 aromatic carbocycles. The molecule has 1 N–H and O–H groups in total. The molecule has 1 amide bonds. The molecule has 0 saturated carbocycles. The molecule has 6 heteroatoms. The van der Waals surface area contributed by atoms with Crippen LogP contribution in [0.3, 0.4) is 0 Å². The molecule has 0 unspecified atom stereocenters. The van der Waals surface area contributed by atoms with Crippen molar-refractivity contribution in [3.63, 3.8) is 0 Å². The van der Waals surface area contributed by atoms with E-state index in [2.05, 4.69) is 5.32 Å². The number of esters is 1. The van der Waals surface area contributed by atoms with Gasteiger partial charge in [0.1, 0.15) is 5.82 Å². The largest absolute Gasteiger partial charge is 0.452 e. The van der Waals surface area contributed by atoms with E-state index in [1.807, 2.05) is 13.8 Å². The first-order valence-corrected chi connectivity index (χ1v) is 7.48. The lowest BCUT2D eigenvalue weighted by Gasteiger charge is -2.07. The van der Waals surface area contributed by atoms with Crippen LogP contribution in [0.1, 0.15) is 25.7 Å². The summed E-state index contributed by atoms with van der Waals surface area (Å²) in [6, 6.07) is 6.11. The maximum Gasteiger partial charge on any atom is 0.339 e. The van der Waals surface area contributed by atoms with Gasteiger partial charge in [-0.15, -0.1) is 11.3 Å². The highest BCUT2D eigenvalue weighted by molar-refractivity contribution is 7.12. The molecular weight excluding hydrogens is 305 g/mol. The van der Waals surface area contributed by atoms with E-state index < -0.39 is 24.3 Å². The SMILES string of the molecule is Cc1cc(C(=O)OCC(=O)Nc2ccc(C)c(F)c2)c(C)s1. The molecule has 0 aliphatic carbocycles. The summed E-state index contributed by atoms with van der Waals surface area (Å²) in [4.78, 5) is 25.5. The van der Waals surface area contributed by atoms with Crippen LogP contribution in [0.5, 0.6) is 0 Å². The molecule has 2 aromatic rings. The van der Waals surface area contributed by atoms with Crippen LogP contribution >= 0.6 is 11.3 Å². The fourth-order valence-electron chi connectivity index (χ4n) is 1.91. The molecule has 0 saturated heterocycles. The third kappa shape index (κ3) is 3.92. The number of rotatable bonds is 4. The zero-order valence-corrected chi connectivity index (χ0v) is 13.3. The Labute approximate surface area is 131 Å². The van der Waals surface area contributed by atoms with E-state index in [1.54, 1.807) is 25.1 Å². The number of halogens is 1. The number of anilines is 1. The van der Waals surface area contributed by atoms with Gasteiger partial charge in [-0.1, -0.05) is 6.07 Å². The Morgan fingerprint density at radius 3 is 2.55 bits per heavy atom. The number of carbonyl (C=O) groups is 2. The van der Waals surface area contributed by atoms with E-state index in [-0.39, 0.29) is 0 Å². The molecule has 1 aromatic heterocycles. The van der Waals surface area contributed by atoms with Crippen LogP contribution in [0, 0.1) is 26.6 Å². The lowest BCUT2D eigenvalue weighted by molar-refractivity contribution is -0.119. The molecule has 1 heterocycles. The van der Waals surface area contributed by atoms with Crippen molar-refractivity contribution in [1.82, 2.24) is 0 Å². The van der Waals surface area contributed by atoms with Gasteiger partial charge < -0.3 is 10.1 Å². The van der Waals surface area contributed by atoms with Crippen molar-refractivity contribution in [3.05, 3.63) is 51.0 Å². The van der Waals surface area contributed by atoms with E-state index in [0.29, 0.717) is 16.8 Å². The second kappa shape index (κ2) is 6.70. The molecule has 116 valence electrons. The third-order valence-electron chi connectivity index (χ3n) is 3.05. The number of amides is 1. The molecule has 0 aliphatic rings. The second-order valence-electron chi connectivity index (χ2n) is 4.92. The molecular formula is C16H16FNO3S. The maximum absolute atomic E-state index is 13.4. The van der Waals surface area contributed by atoms with Crippen LogP contribution in [-0.2, 0) is 9.53 Å². The van der Waals surface area contributed by atoms with Gasteiger partial charge in [0, 0.05) is 15.4 Å². The summed E-state index contributed by atoms with van der Waals surface area (Å²) in [5, 5.41) is 2.48. The van der Waals surface area contributed by atoms with Crippen molar-refractivity contribution >= 4 is 28.9 Å². The molecule has 22 heavy (non-hydrogen) atoms. The van der Waals surface area contributed by atoms with E-state index >= 15 is 0 Å². The first-order chi connectivity index (χ1) is 10.4. The predicted molar refractivity (Wildman–Crippen MR) is 83.8 cm³/mol. The van der Waals surface area contributed by atoms with Gasteiger partial charge in [0.2, 0.25) is 0 Å². The molecule has 4 nitrogen and oxygen atoms in total. The number of hydrogen-bond acceptors (Lipinski definition) is 4. The number of carbonyl (C=O) groups excluding carboxylic acids is 2. The monoisotopic (exact) mass is 321 g/mol. The van der Waals surface area contributed by atoms with Crippen molar-refractivity contribution in [2.75, 3.05) is 11.9 Å². The number of ether oxygens (including phenoxy) is 1. The van der Waals surface area contributed by atoms with Crippen LogP contribution in [-0.4, -0.2) is 18.5 Å². The zero-order chi connectivity index (χ0) is 16.3. The normalized spacial score (nSPS) is 10.4. The Kier molecular flexibility index (Phi) is 4.92. The topological polar surface area (TPSA) is 55.4 Å². The van der Waals surface area contributed by atoms with Gasteiger partial charge in [0.05, 0.1) is 5.56 Å². The van der Waals surface area contributed by atoms with Crippen LogP contribution < -0.4 is 5.32 Å². The highest BCUT2D eigenvalue weighted by Gasteiger charge is 2.15. The van der Waals surface area contributed by atoms with Crippen LogP contribution in [0.2, 0.25) is 0 Å². The van der Waals surface area contributed by atoms with E-state index in [9.17, 15) is 14.0 Å². The number of thiophene rings is 1. The summed E-state index contributed by atoms with van der Waals surface area (Å²) in [5.74, 6) is -1.45. The Morgan fingerprint density at radius 1 is 1.23 bits per heavy atom. The number of benzene rings is 1. The Balaban J connectivity index is 1.91. The first kappa shape index (κ1) is 16.2. The van der Waals surface area contributed by atoms with Gasteiger partial charge in [-0.25, -0.2) is 9.18 Å². The highest BCUT2D eigenvalue weighted by Crippen LogP contribution is 2.21. The van der Waals surface area contributed by atoms with Crippen molar-refractivity contribution < 1.29 is 18.7 Å². The lowest BCUT2D eigenvalue weighted by atomic mass is 10.2. The Bertz CT molecular complexity index is 724. The summed E-state index contributed by atoms with van der Waals surface area (Å²) < 4.78 is 18.3. The summed E-state index contributed by atoms with van der Waals surface area (Å²) in [6.45, 7) is 4.94. The van der Waals surface area contributed by atoms with Crippen LogP contribution in [0.15, 0.2) is 24.3 Å². The third-order valence-corrected chi connectivity index (χ3v) is 4.02. The van der Waals surface area contributed by atoms with Crippen molar-refractivity contribution in [3.8, 4) is 0 Å². The summed E-state index contributed by atoms with van der Waals surface area (Å²) in [6.07, 6.45) is 0. The van der Waals surface area contributed by atoms with Gasteiger partial charge in [0.25, 0.3) is 5.91 Å². The fourth-order valence-corrected chi connectivity index (χ4v) is 2.82. The minimum Gasteiger partial charge on any atom is -0.452 e. The minimum absolute atomic E-state index is 0.326. The maximum atomic E-state index is 13.4. The number of aryl methyl sites for hydroxylation is 3. The Morgan fingerprint density at radius 2 is 1.95 bits per heavy atom. The summed E-state index contributed by atoms with van der Waals surface area (Å²) >= 11 is 1.49. The van der Waals surface area contributed by atoms with Crippen molar-refractivity contribution in [2.24, 2.45) is 0 Å². The van der Waals surface area contributed by atoms with Crippen LogP contribution in [0.25, 0.3) is 0 Å². The number of hydrogen-bond donors (Lipinski definition) is 1. The average Bonchev–Trinajstić information content (AvgIpc) is 2.79.